The van der Waals surface area contributed by atoms with Gasteiger partial charge in [0.25, 0.3) is 5.65 Å². The van der Waals surface area contributed by atoms with Crippen LogP contribution in [0.2, 0.25) is 0 Å². The van der Waals surface area contributed by atoms with Gasteiger partial charge >= 0.3 is 5.97 Å². The molecule has 0 atom stereocenters. The molecule has 16 heavy (non-hydrogen) atoms. The number of aliphatic carboxylic acids is 1. The van der Waals surface area contributed by atoms with Crippen molar-refractivity contribution >= 4 is 23.0 Å². The van der Waals surface area contributed by atoms with Crippen LogP contribution in [0.4, 0.5) is 5.82 Å². The summed E-state index contributed by atoms with van der Waals surface area (Å²) in [6.07, 6.45) is 3.10. The number of carboxylic acid groups (broad SMARTS) is 1. The zero-order chi connectivity index (χ0) is 10.7. The lowest BCUT2D eigenvalue weighted by Gasteiger charge is -1.97. The Morgan fingerprint density at radius 3 is 3.12 bits per heavy atom. The number of aromatic amines is 2. The molecule has 0 saturated carbocycles. The number of hydrogen-bond acceptors (Lipinski definition) is 4. The normalized spacial score (nSPS) is 9.75. The molecule has 0 aliphatic heterocycles. The van der Waals surface area contributed by atoms with Gasteiger partial charge in [-0.2, -0.15) is 0 Å². The number of imidazole rings is 1. The molecular formula is C8H10ClN5O2. The fraction of sp³-hybridized carbons (Fsp3) is 0.250. The van der Waals surface area contributed by atoms with Gasteiger partial charge < -0.3 is 27.8 Å². The molecule has 0 unspecified atom stereocenters. The van der Waals surface area contributed by atoms with Crippen LogP contribution in [0.3, 0.4) is 0 Å². The number of carboxylic acids is 1. The van der Waals surface area contributed by atoms with Gasteiger partial charge in [-0.15, -0.1) is 0 Å². The summed E-state index contributed by atoms with van der Waals surface area (Å²) >= 11 is 0. The second-order valence-corrected chi connectivity index (χ2v) is 2.95. The van der Waals surface area contributed by atoms with Crippen molar-refractivity contribution in [1.82, 2.24) is 15.0 Å². The van der Waals surface area contributed by atoms with Crippen molar-refractivity contribution in [2.75, 3.05) is 11.9 Å². The van der Waals surface area contributed by atoms with E-state index in [4.69, 9.17) is 5.11 Å². The number of nitrogens with one attached hydrogen (secondary N) is 3. The molecule has 0 saturated heterocycles. The molecule has 2 heterocycles. The molecule has 0 aromatic carbocycles. The minimum atomic E-state index is -0.836. The summed E-state index contributed by atoms with van der Waals surface area (Å²) in [6, 6.07) is 0. The lowest BCUT2D eigenvalue weighted by atomic mass is 10.4. The molecular weight excluding hydrogens is 234 g/mol. The maximum Gasteiger partial charge on any atom is 0.306 e. The largest absolute Gasteiger partial charge is 1.00 e. The highest BCUT2D eigenvalue weighted by molar-refractivity contribution is 5.80. The number of anilines is 1. The van der Waals surface area contributed by atoms with Gasteiger partial charge in [0.05, 0.1) is 19.3 Å². The summed E-state index contributed by atoms with van der Waals surface area (Å²) in [4.78, 5) is 24.1. The summed E-state index contributed by atoms with van der Waals surface area (Å²) in [5.41, 5.74) is 1.33. The number of fused-ring (bicyclic) bond motifs is 1. The van der Waals surface area contributed by atoms with Crippen LogP contribution in [0.25, 0.3) is 11.2 Å². The third kappa shape index (κ3) is 2.57. The summed E-state index contributed by atoms with van der Waals surface area (Å²) < 4.78 is 0. The van der Waals surface area contributed by atoms with Gasteiger partial charge in [-0.05, 0) is 0 Å². The molecule has 0 aliphatic rings. The van der Waals surface area contributed by atoms with Gasteiger partial charge in [-0.25, -0.2) is 9.97 Å². The molecule has 7 nitrogen and oxygen atoms in total. The smallest absolute Gasteiger partial charge is 0.306 e. The minimum Gasteiger partial charge on any atom is -1.00 e. The molecule has 2 rings (SSSR count). The summed E-state index contributed by atoms with van der Waals surface area (Å²) in [5, 5.41) is 11.4. The average Bonchev–Trinajstić information content (AvgIpc) is 2.65. The van der Waals surface area contributed by atoms with Crippen molar-refractivity contribution in [3.63, 3.8) is 0 Å². The highest BCUT2D eigenvalue weighted by Crippen LogP contribution is 2.10. The minimum absolute atomic E-state index is 0. The van der Waals surface area contributed by atoms with E-state index in [1.54, 1.807) is 0 Å². The van der Waals surface area contributed by atoms with Crippen LogP contribution in [0.5, 0.6) is 0 Å². The quantitative estimate of drug-likeness (QED) is 0.521. The highest BCUT2D eigenvalue weighted by atomic mass is 35.5. The second-order valence-electron chi connectivity index (χ2n) is 2.95. The van der Waals surface area contributed by atoms with Crippen molar-refractivity contribution in [2.45, 2.75) is 6.42 Å². The Morgan fingerprint density at radius 2 is 2.38 bits per heavy atom. The van der Waals surface area contributed by atoms with Crippen molar-refractivity contribution in [2.24, 2.45) is 0 Å². The number of nitrogens with zero attached hydrogens (tertiary/aromatic N) is 2. The van der Waals surface area contributed by atoms with Crippen LogP contribution < -0.4 is 22.7 Å². The predicted molar refractivity (Wildman–Crippen MR) is 51.2 cm³/mol. The van der Waals surface area contributed by atoms with Crippen LogP contribution in [0.1, 0.15) is 6.42 Å². The number of aromatic nitrogens is 4. The van der Waals surface area contributed by atoms with Gasteiger partial charge in [0.1, 0.15) is 0 Å². The Bertz CT molecular complexity index is 486. The van der Waals surface area contributed by atoms with Crippen LogP contribution >= 0.6 is 0 Å². The third-order valence-corrected chi connectivity index (χ3v) is 1.91. The van der Waals surface area contributed by atoms with Gasteiger partial charge in [0, 0.05) is 0 Å². The molecule has 0 fully saturated rings. The molecule has 8 heteroatoms. The summed E-state index contributed by atoms with van der Waals surface area (Å²) in [5.74, 6) is -0.142. The molecule has 0 aliphatic carbocycles. The maximum atomic E-state index is 10.3. The lowest BCUT2D eigenvalue weighted by Crippen LogP contribution is -3.00. The highest BCUT2D eigenvalue weighted by Gasteiger charge is 2.10. The van der Waals surface area contributed by atoms with E-state index in [0.717, 1.165) is 5.52 Å². The number of H-pyrrole nitrogens is 2. The Hall–Kier alpha value is -1.89. The zero-order valence-electron chi connectivity index (χ0n) is 8.20. The van der Waals surface area contributed by atoms with E-state index in [2.05, 4.69) is 25.3 Å². The number of carbonyl (C=O) groups is 1. The topological polar surface area (TPSA) is 105 Å². The number of hydrogen-bond donors (Lipinski definition) is 3. The molecule has 0 bridgehead atoms. The Balaban J connectivity index is 0.00000128. The molecule has 86 valence electrons. The maximum absolute atomic E-state index is 10.3. The first-order valence-electron chi connectivity index (χ1n) is 4.43. The lowest BCUT2D eigenvalue weighted by molar-refractivity contribution is -0.364. The van der Waals surface area contributed by atoms with Crippen LogP contribution in [0.15, 0.2) is 12.7 Å². The molecule has 0 amide bonds. The van der Waals surface area contributed by atoms with Crippen molar-refractivity contribution in [1.29, 1.82) is 0 Å². The standard InChI is InChI=1S/C8H9N5O2.ClH/c14-5(15)1-2-9-7-6-8(11-3-10-6)13-4-12-7;/h3-4H,1-2H2,(H,14,15)(H2,9,10,11,12,13);1H. The van der Waals surface area contributed by atoms with Crippen LogP contribution in [-0.4, -0.2) is 32.6 Å². The average molecular weight is 244 g/mol. The first-order chi connectivity index (χ1) is 7.27. The van der Waals surface area contributed by atoms with E-state index in [0.29, 0.717) is 18.0 Å². The van der Waals surface area contributed by atoms with Crippen LogP contribution in [-0.2, 0) is 4.79 Å². The Labute approximate surface area is 96.7 Å². The molecule has 0 radical (unpaired) electrons. The predicted octanol–water partition coefficient (Wildman–Crippen LogP) is -3.34. The Kier molecular flexibility index (Phi) is 4.01. The van der Waals surface area contributed by atoms with E-state index < -0.39 is 5.97 Å². The van der Waals surface area contributed by atoms with Crippen molar-refractivity contribution in [3.05, 3.63) is 12.7 Å². The zero-order valence-corrected chi connectivity index (χ0v) is 8.95. The fourth-order valence-corrected chi connectivity index (χ4v) is 1.23. The molecule has 0 spiro atoms. The Morgan fingerprint density at radius 1 is 1.56 bits per heavy atom. The van der Waals surface area contributed by atoms with E-state index in [9.17, 15) is 4.79 Å². The van der Waals surface area contributed by atoms with E-state index in [1.165, 1.54) is 12.7 Å². The first kappa shape index (κ1) is 12.2. The molecule has 2 aromatic rings. The fourth-order valence-electron chi connectivity index (χ4n) is 1.23. The van der Waals surface area contributed by atoms with Gasteiger partial charge in [0.2, 0.25) is 12.1 Å². The van der Waals surface area contributed by atoms with Crippen molar-refractivity contribution < 1.29 is 27.3 Å². The summed E-state index contributed by atoms with van der Waals surface area (Å²) in [7, 11) is 0. The third-order valence-electron chi connectivity index (χ3n) is 1.91. The second kappa shape index (κ2) is 5.26. The van der Waals surface area contributed by atoms with Crippen LogP contribution in [0, 0.1) is 0 Å². The van der Waals surface area contributed by atoms with E-state index in [-0.39, 0.29) is 18.8 Å². The van der Waals surface area contributed by atoms with E-state index in [1.807, 2.05) is 0 Å². The summed E-state index contributed by atoms with van der Waals surface area (Å²) in [6.45, 7) is 0.351. The SMILES string of the molecule is O=C(O)CCNc1[nH+]cnc2nc[nH]c12.[Cl-]. The molecule has 2 aromatic heterocycles. The molecule has 4 N–H and O–H groups in total. The number of halogens is 1. The van der Waals surface area contributed by atoms with E-state index >= 15 is 0 Å². The monoisotopic (exact) mass is 243 g/mol. The number of rotatable bonds is 4. The first-order valence-corrected chi connectivity index (χ1v) is 4.43. The van der Waals surface area contributed by atoms with Crippen molar-refractivity contribution in [3.8, 4) is 0 Å². The van der Waals surface area contributed by atoms with Gasteiger partial charge in [-0.3, -0.25) is 4.79 Å². The van der Waals surface area contributed by atoms with Gasteiger partial charge in [-0.1, -0.05) is 4.98 Å². The van der Waals surface area contributed by atoms with Gasteiger partial charge in [0.15, 0.2) is 5.52 Å².